The summed E-state index contributed by atoms with van der Waals surface area (Å²) in [4.78, 5) is 46.8. The van der Waals surface area contributed by atoms with Gasteiger partial charge in [-0.05, 0) is 51.7 Å². The molecule has 3 heterocycles. The van der Waals surface area contributed by atoms with Crippen LogP contribution in [0.15, 0.2) is 132 Å². The molecule has 0 unspecified atom stereocenters. The van der Waals surface area contributed by atoms with Crippen LogP contribution in [0.2, 0.25) is 0 Å². The number of aromatic nitrogens is 1. The number of urea groups is 1. The van der Waals surface area contributed by atoms with Crippen LogP contribution in [0.25, 0.3) is 22.0 Å². The van der Waals surface area contributed by atoms with Gasteiger partial charge in [-0.15, -0.1) is 0 Å². The van der Waals surface area contributed by atoms with Gasteiger partial charge in [-0.2, -0.15) is 5.01 Å². The highest BCUT2D eigenvalue weighted by atomic mass is 16.5. The van der Waals surface area contributed by atoms with E-state index in [2.05, 4.69) is 10.5 Å². The summed E-state index contributed by atoms with van der Waals surface area (Å²) in [5, 5.41) is 22.6. The predicted octanol–water partition coefficient (Wildman–Crippen LogP) is 5.96. The lowest BCUT2D eigenvalue weighted by Gasteiger charge is -2.55. The number of carbonyl (C=O) groups is 3. The molecule has 8 rings (SSSR count). The number of piperazine rings is 1. The van der Waals surface area contributed by atoms with Gasteiger partial charge in [-0.25, -0.2) is 9.80 Å². The molecule has 278 valence electrons. The standard InChI is InChI=1S/C43H40N6O6/c1-54-35-15-8-13-32(22-35)38-23-36(55-45-38)26-47-28-41(51)48-39(21-29-17-19-34(50)20-18-29)42(52)46(25-33-14-7-12-31-11-5-6-16-37(31)33)27-40(48)49(47)43(53)44-24-30-9-3-2-4-10-30/h2-20,22-23,39-40,50H,21,24-28H2,1H3,(H,44,53)/t39-,40-/m0/s1. The van der Waals surface area contributed by atoms with E-state index in [9.17, 15) is 19.5 Å². The molecule has 4 amide bonds. The zero-order chi connectivity index (χ0) is 37.9. The fourth-order valence-corrected chi connectivity index (χ4v) is 7.51. The molecule has 12 heteroatoms. The predicted molar refractivity (Wildman–Crippen MR) is 205 cm³/mol. The Hall–Kier alpha value is -6.66. The number of nitrogens with zero attached hydrogens (tertiary/aromatic N) is 5. The zero-order valence-corrected chi connectivity index (χ0v) is 30.2. The number of hydrogen-bond donors (Lipinski definition) is 2. The molecule has 55 heavy (non-hydrogen) atoms. The third-order valence-electron chi connectivity index (χ3n) is 10.2. The Morgan fingerprint density at radius 1 is 0.873 bits per heavy atom. The number of ether oxygens (including phenoxy) is 1. The highest BCUT2D eigenvalue weighted by molar-refractivity contribution is 5.92. The Kier molecular flexibility index (Phi) is 9.88. The first-order valence-electron chi connectivity index (χ1n) is 18.1. The molecule has 0 spiro atoms. The molecule has 0 radical (unpaired) electrons. The molecule has 0 bridgehead atoms. The van der Waals surface area contributed by atoms with Crippen molar-refractivity contribution in [1.82, 2.24) is 30.3 Å². The van der Waals surface area contributed by atoms with Gasteiger partial charge in [0.1, 0.15) is 29.4 Å². The molecule has 2 atom stereocenters. The summed E-state index contributed by atoms with van der Waals surface area (Å²) in [5.41, 5.74) is 4.00. The molecule has 12 nitrogen and oxygen atoms in total. The van der Waals surface area contributed by atoms with Crippen molar-refractivity contribution in [3.8, 4) is 22.8 Å². The van der Waals surface area contributed by atoms with Gasteiger partial charge >= 0.3 is 6.03 Å². The van der Waals surface area contributed by atoms with Gasteiger partial charge in [0.05, 0.1) is 26.7 Å². The third kappa shape index (κ3) is 7.44. The number of benzene rings is 5. The summed E-state index contributed by atoms with van der Waals surface area (Å²) in [5.74, 6) is 0.697. The van der Waals surface area contributed by atoms with Gasteiger partial charge in [0.2, 0.25) is 11.8 Å². The van der Waals surface area contributed by atoms with Crippen LogP contribution in [0, 0.1) is 0 Å². The van der Waals surface area contributed by atoms with Crippen molar-refractivity contribution in [2.24, 2.45) is 0 Å². The molecule has 5 aromatic carbocycles. The van der Waals surface area contributed by atoms with Gasteiger partial charge < -0.3 is 29.5 Å². The number of phenols is 1. The lowest BCUT2D eigenvalue weighted by atomic mass is 9.97. The summed E-state index contributed by atoms with van der Waals surface area (Å²) in [6.45, 7) is 0.470. The number of hydrogen-bond acceptors (Lipinski definition) is 8. The number of fused-ring (bicyclic) bond motifs is 2. The summed E-state index contributed by atoms with van der Waals surface area (Å²) in [6, 6.07) is 38.1. The smallest absolute Gasteiger partial charge is 0.334 e. The molecular weight excluding hydrogens is 697 g/mol. The van der Waals surface area contributed by atoms with Gasteiger partial charge in [-0.1, -0.05) is 102 Å². The van der Waals surface area contributed by atoms with E-state index in [-0.39, 0.29) is 56.7 Å². The molecule has 2 N–H and O–H groups in total. The first-order valence-corrected chi connectivity index (χ1v) is 18.1. The van der Waals surface area contributed by atoms with Crippen LogP contribution in [0.3, 0.4) is 0 Å². The molecule has 0 saturated carbocycles. The van der Waals surface area contributed by atoms with Crippen molar-refractivity contribution in [3.63, 3.8) is 0 Å². The average Bonchev–Trinajstić information content (AvgIpc) is 3.68. The van der Waals surface area contributed by atoms with E-state index in [4.69, 9.17) is 9.26 Å². The summed E-state index contributed by atoms with van der Waals surface area (Å²) < 4.78 is 11.2. The van der Waals surface area contributed by atoms with Crippen molar-refractivity contribution in [1.29, 1.82) is 0 Å². The Bertz CT molecular complexity index is 2320. The van der Waals surface area contributed by atoms with E-state index < -0.39 is 18.2 Å². The van der Waals surface area contributed by atoms with E-state index in [0.29, 0.717) is 17.2 Å². The van der Waals surface area contributed by atoms with Crippen molar-refractivity contribution < 1.29 is 28.8 Å². The molecule has 2 aliphatic rings. The molecule has 2 aliphatic heterocycles. The van der Waals surface area contributed by atoms with Gasteiger partial charge in [0.15, 0.2) is 5.76 Å². The maximum atomic E-state index is 14.6. The Morgan fingerprint density at radius 2 is 1.64 bits per heavy atom. The highest BCUT2D eigenvalue weighted by Gasteiger charge is 2.51. The lowest BCUT2D eigenvalue weighted by molar-refractivity contribution is -0.193. The van der Waals surface area contributed by atoms with E-state index in [0.717, 1.165) is 33.0 Å². The SMILES string of the molecule is COc1cccc(-c2cc(CN3CC(=O)N4[C@@H](Cc5ccc(O)cc5)C(=O)N(Cc5cccc6ccccc56)C[C@@H]4N3C(=O)NCc3ccccc3)on2)c1. The topological polar surface area (TPSA) is 132 Å². The third-order valence-corrected chi connectivity index (χ3v) is 10.2. The van der Waals surface area contributed by atoms with Crippen molar-refractivity contribution in [3.05, 3.63) is 150 Å². The first kappa shape index (κ1) is 35.4. The zero-order valence-electron chi connectivity index (χ0n) is 30.2. The van der Waals surface area contributed by atoms with Crippen molar-refractivity contribution in [2.75, 3.05) is 20.2 Å². The van der Waals surface area contributed by atoms with Crippen LogP contribution >= 0.6 is 0 Å². The average molecular weight is 737 g/mol. The first-order chi connectivity index (χ1) is 26.8. The summed E-state index contributed by atoms with van der Waals surface area (Å²) >= 11 is 0. The van der Waals surface area contributed by atoms with Crippen LogP contribution in [0.1, 0.15) is 22.5 Å². The minimum absolute atomic E-state index is 0.0612. The second-order valence-electron chi connectivity index (χ2n) is 13.7. The van der Waals surface area contributed by atoms with E-state index in [1.165, 1.54) is 0 Å². The van der Waals surface area contributed by atoms with Crippen LogP contribution < -0.4 is 10.1 Å². The number of rotatable bonds is 10. The second-order valence-corrected chi connectivity index (χ2v) is 13.7. The van der Waals surface area contributed by atoms with Gasteiger partial charge in [-0.3, -0.25) is 9.59 Å². The van der Waals surface area contributed by atoms with Crippen LogP contribution in [0.4, 0.5) is 4.79 Å². The quantitative estimate of drug-likeness (QED) is 0.176. The number of amides is 4. The largest absolute Gasteiger partial charge is 0.508 e. The molecule has 1 aromatic heterocycles. The number of methoxy groups -OCH3 is 1. The number of phenolic OH excluding ortho intramolecular Hbond substituents is 1. The van der Waals surface area contributed by atoms with E-state index in [1.807, 2.05) is 97.1 Å². The van der Waals surface area contributed by atoms with Crippen LogP contribution in [-0.2, 0) is 35.6 Å². The van der Waals surface area contributed by atoms with Gasteiger partial charge in [0, 0.05) is 31.1 Å². The summed E-state index contributed by atoms with van der Waals surface area (Å²) in [7, 11) is 1.60. The molecule has 2 fully saturated rings. The fraction of sp³-hybridized carbons (Fsp3) is 0.209. The number of hydrazine groups is 1. The second kappa shape index (κ2) is 15.4. The maximum absolute atomic E-state index is 14.6. The summed E-state index contributed by atoms with van der Waals surface area (Å²) in [6.07, 6.45) is -0.661. The highest BCUT2D eigenvalue weighted by Crippen LogP contribution is 2.32. The molecular formula is C43H40N6O6. The van der Waals surface area contributed by atoms with E-state index >= 15 is 0 Å². The normalized spacial score (nSPS) is 17.4. The monoisotopic (exact) mass is 736 g/mol. The Balaban J connectivity index is 1.16. The maximum Gasteiger partial charge on any atom is 0.334 e. The van der Waals surface area contributed by atoms with Gasteiger partial charge in [0.25, 0.3) is 0 Å². The molecule has 6 aromatic rings. The minimum Gasteiger partial charge on any atom is -0.508 e. The number of nitrogens with one attached hydrogen (secondary N) is 1. The number of carbonyl (C=O) groups excluding carboxylic acids is 3. The fourth-order valence-electron chi connectivity index (χ4n) is 7.51. The molecule has 0 aliphatic carbocycles. The number of aromatic hydroxyl groups is 1. The van der Waals surface area contributed by atoms with E-state index in [1.54, 1.807) is 57.3 Å². The Morgan fingerprint density at radius 3 is 2.45 bits per heavy atom. The Labute approximate surface area is 318 Å². The van der Waals surface area contributed by atoms with Crippen LogP contribution in [-0.4, -0.2) is 80.3 Å². The van der Waals surface area contributed by atoms with Crippen molar-refractivity contribution >= 4 is 28.6 Å². The molecule has 2 saturated heterocycles. The minimum atomic E-state index is -0.915. The van der Waals surface area contributed by atoms with Crippen LogP contribution in [0.5, 0.6) is 11.5 Å². The lowest BCUT2D eigenvalue weighted by Crippen LogP contribution is -2.76. The van der Waals surface area contributed by atoms with Crippen molar-refractivity contribution in [2.45, 2.75) is 38.3 Å².